The summed E-state index contributed by atoms with van der Waals surface area (Å²) in [7, 11) is 0. The van der Waals surface area contributed by atoms with Crippen molar-refractivity contribution in [3.05, 3.63) is 11.6 Å². The SMILES string of the molecule is CC1(C(=O)O)CC2CC1C1C3CC(C=C3C34CC(C5CCCC53)C3C5CCC(C5)C34)C21. The van der Waals surface area contributed by atoms with Gasteiger partial charge in [0.1, 0.15) is 0 Å². The van der Waals surface area contributed by atoms with E-state index in [1.165, 1.54) is 38.5 Å². The molecule has 9 aliphatic carbocycles. The van der Waals surface area contributed by atoms with Crippen LogP contribution in [0.1, 0.15) is 71.1 Å². The smallest absolute Gasteiger partial charge is 0.309 e. The fraction of sp³-hybridized carbons (Fsp3) is 0.897. The Balaban J connectivity index is 1.17. The highest BCUT2D eigenvalue weighted by molar-refractivity contribution is 5.75. The Bertz CT molecular complexity index is 935. The van der Waals surface area contributed by atoms with Gasteiger partial charge in [-0.2, -0.15) is 0 Å². The summed E-state index contributed by atoms with van der Waals surface area (Å²) in [5.41, 5.74) is 2.11. The number of fused-ring (bicyclic) bond motifs is 21. The summed E-state index contributed by atoms with van der Waals surface area (Å²) in [6.07, 6.45) is 17.3. The molecule has 0 aromatic heterocycles. The maximum absolute atomic E-state index is 12.3. The number of rotatable bonds is 2. The van der Waals surface area contributed by atoms with Crippen LogP contribution in [0.15, 0.2) is 11.6 Å². The summed E-state index contributed by atoms with van der Waals surface area (Å²) in [4.78, 5) is 12.3. The number of hydrogen-bond acceptors (Lipinski definition) is 1. The van der Waals surface area contributed by atoms with Crippen LogP contribution >= 0.6 is 0 Å². The Hall–Kier alpha value is -0.790. The van der Waals surface area contributed by atoms with E-state index in [-0.39, 0.29) is 0 Å². The molecule has 8 saturated carbocycles. The minimum atomic E-state index is -0.490. The van der Waals surface area contributed by atoms with Crippen LogP contribution in [0.2, 0.25) is 0 Å². The van der Waals surface area contributed by atoms with Gasteiger partial charge in [-0.25, -0.2) is 0 Å². The summed E-state index contributed by atoms with van der Waals surface area (Å²) in [5.74, 6) is 11.2. The van der Waals surface area contributed by atoms with Crippen molar-refractivity contribution in [2.45, 2.75) is 71.1 Å². The molecule has 8 fully saturated rings. The average Bonchev–Trinajstić information content (AvgIpc) is 3.56. The molecule has 0 aliphatic heterocycles. The normalized spacial score (nSPS) is 67.9. The minimum absolute atomic E-state index is 0.433. The summed E-state index contributed by atoms with van der Waals surface area (Å²) in [6.45, 7) is 2.12. The van der Waals surface area contributed by atoms with Gasteiger partial charge in [0.25, 0.3) is 0 Å². The first kappa shape index (κ1) is 17.7. The highest BCUT2D eigenvalue weighted by Gasteiger charge is 2.76. The molecule has 0 amide bonds. The second-order valence-electron chi connectivity index (χ2n) is 14.4. The quantitative estimate of drug-likeness (QED) is 0.439. The predicted molar refractivity (Wildman–Crippen MR) is 118 cm³/mol. The first-order valence-corrected chi connectivity index (χ1v) is 14.0. The molecular formula is C29H38O2. The lowest BCUT2D eigenvalue weighted by molar-refractivity contribution is -0.153. The summed E-state index contributed by atoms with van der Waals surface area (Å²) in [6, 6.07) is 0. The molecule has 31 heavy (non-hydrogen) atoms. The highest BCUT2D eigenvalue weighted by Crippen LogP contribution is 2.83. The van der Waals surface area contributed by atoms with Crippen molar-refractivity contribution in [2.24, 2.45) is 87.8 Å². The summed E-state index contributed by atoms with van der Waals surface area (Å²) >= 11 is 0. The number of carboxylic acids is 1. The Morgan fingerprint density at radius 2 is 1.77 bits per heavy atom. The molecule has 8 bridgehead atoms. The van der Waals surface area contributed by atoms with Crippen LogP contribution in [0.3, 0.4) is 0 Å². The van der Waals surface area contributed by atoms with Crippen molar-refractivity contribution in [1.82, 2.24) is 0 Å². The molecule has 166 valence electrons. The Morgan fingerprint density at radius 3 is 2.65 bits per heavy atom. The number of carbonyl (C=O) groups is 1. The third-order valence-corrected chi connectivity index (χ3v) is 14.2. The van der Waals surface area contributed by atoms with Gasteiger partial charge in [0.2, 0.25) is 0 Å². The topological polar surface area (TPSA) is 37.3 Å². The van der Waals surface area contributed by atoms with E-state index in [4.69, 9.17) is 0 Å². The maximum atomic E-state index is 12.3. The fourth-order valence-corrected chi connectivity index (χ4v) is 14.1. The Morgan fingerprint density at radius 1 is 0.903 bits per heavy atom. The van der Waals surface area contributed by atoms with Crippen molar-refractivity contribution in [1.29, 1.82) is 0 Å². The van der Waals surface area contributed by atoms with Crippen molar-refractivity contribution >= 4 is 5.97 Å². The van der Waals surface area contributed by atoms with Crippen LogP contribution < -0.4 is 0 Å². The number of allylic oxidation sites excluding steroid dienone is 2. The predicted octanol–water partition coefficient (Wildman–Crippen LogP) is 6.02. The zero-order chi connectivity index (χ0) is 20.4. The second kappa shape index (κ2) is 5.15. The van der Waals surface area contributed by atoms with E-state index < -0.39 is 11.4 Å². The molecular weight excluding hydrogens is 380 g/mol. The molecule has 0 saturated heterocycles. The van der Waals surface area contributed by atoms with Crippen molar-refractivity contribution in [3.63, 3.8) is 0 Å². The standard InChI is InChI=1S/C29H38O2/c1-28(27(30)31)11-16-10-22(28)25-18-8-15(23(16)25)9-21(18)29-12-19(17-3-2-4-20(17)29)24-13-5-6-14(7-13)26(24)29/h9,13-20,22-26H,2-8,10-12H2,1H3,(H,30,31). The zero-order valence-electron chi connectivity index (χ0n) is 19.0. The minimum Gasteiger partial charge on any atom is -0.481 e. The Kier molecular flexibility index (Phi) is 2.93. The van der Waals surface area contributed by atoms with Crippen molar-refractivity contribution in [3.8, 4) is 0 Å². The average molecular weight is 419 g/mol. The zero-order valence-corrected chi connectivity index (χ0v) is 19.0. The molecule has 0 heterocycles. The van der Waals surface area contributed by atoms with E-state index in [0.29, 0.717) is 17.3 Å². The van der Waals surface area contributed by atoms with E-state index in [0.717, 1.165) is 71.5 Å². The van der Waals surface area contributed by atoms with Crippen LogP contribution in [-0.2, 0) is 4.79 Å². The van der Waals surface area contributed by atoms with Crippen molar-refractivity contribution in [2.75, 3.05) is 0 Å². The van der Waals surface area contributed by atoms with Gasteiger partial charge in [0, 0.05) is 0 Å². The Labute approximate surface area is 186 Å². The lowest BCUT2D eigenvalue weighted by atomic mass is 9.51. The van der Waals surface area contributed by atoms with Crippen LogP contribution in [0, 0.1) is 87.8 Å². The van der Waals surface area contributed by atoms with Gasteiger partial charge < -0.3 is 5.11 Å². The third-order valence-electron chi connectivity index (χ3n) is 14.2. The summed E-state index contributed by atoms with van der Waals surface area (Å²) in [5, 5.41) is 10.2. The molecule has 15 atom stereocenters. The van der Waals surface area contributed by atoms with Gasteiger partial charge in [0.15, 0.2) is 0 Å². The first-order valence-electron chi connectivity index (χ1n) is 14.0. The first-order chi connectivity index (χ1) is 15.0. The molecule has 0 aromatic rings. The molecule has 15 unspecified atom stereocenters. The van der Waals surface area contributed by atoms with E-state index in [2.05, 4.69) is 13.0 Å². The van der Waals surface area contributed by atoms with Crippen LogP contribution in [0.5, 0.6) is 0 Å². The number of hydrogen-bond donors (Lipinski definition) is 1. The molecule has 0 aromatic carbocycles. The second-order valence-corrected chi connectivity index (χ2v) is 14.4. The molecule has 2 nitrogen and oxygen atoms in total. The number of aliphatic carboxylic acids is 1. The summed E-state index contributed by atoms with van der Waals surface area (Å²) < 4.78 is 0. The molecule has 1 N–H and O–H groups in total. The van der Waals surface area contributed by atoms with E-state index >= 15 is 0 Å². The molecule has 0 spiro atoms. The molecule has 2 heteroatoms. The van der Waals surface area contributed by atoms with Gasteiger partial charge in [-0.15, -0.1) is 0 Å². The van der Waals surface area contributed by atoms with Gasteiger partial charge >= 0.3 is 5.97 Å². The van der Waals surface area contributed by atoms with Gasteiger partial charge in [-0.3, -0.25) is 4.79 Å². The van der Waals surface area contributed by atoms with Crippen molar-refractivity contribution < 1.29 is 9.90 Å². The van der Waals surface area contributed by atoms with Gasteiger partial charge in [-0.05, 0) is 147 Å². The van der Waals surface area contributed by atoms with Gasteiger partial charge in [0.05, 0.1) is 5.41 Å². The van der Waals surface area contributed by atoms with Crippen LogP contribution in [0.4, 0.5) is 0 Å². The highest BCUT2D eigenvalue weighted by atomic mass is 16.4. The largest absolute Gasteiger partial charge is 0.481 e. The van der Waals surface area contributed by atoms with E-state index in [9.17, 15) is 9.90 Å². The van der Waals surface area contributed by atoms with Crippen LogP contribution in [-0.4, -0.2) is 11.1 Å². The van der Waals surface area contributed by atoms with E-state index in [1.807, 2.05) is 5.57 Å². The molecule has 0 radical (unpaired) electrons. The lowest BCUT2D eigenvalue weighted by Crippen LogP contribution is -2.48. The number of carboxylic acid groups (broad SMARTS) is 1. The monoisotopic (exact) mass is 418 g/mol. The fourth-order valence-electron chi connectivity index (χ4n) is 14.1. The van der Waals surface area contributed by atoms with Gasteiger partial charge in [-0.1, -0.05) is 18.1 Å². The van der Waals surface area contributed by atoms with E-state index in [1.54, 1.807) is 19.3 Å². The molecule has 9 aliphatic rings. The van der Waals surface area contributed by atoms with Crippen LogP contribution in [0.25, 0.3) is 0 Å². The lowest BCUT2D eigenvalue weighted by Gasteiger charge is -2.52. The third kappa shape index (κ3) is 1.66. The molecule has 9 rings (SSSR count). The maximum Gasteiger partial charge on any atom is 0.309 e.